The van der Waals surface area contributed by atoms with Crippen molar-refractivity contribution in [1.82, 2.24) is 0 Å². The molecule has 0 aliphatic rings. The highest BCUT2D eigenvalue weighted by Crippen LogP contribution is 2.15. The van der Waals surface area contributed by atoms with Crippen LogP contribution in [0.5, 0.6) is 0 Å². The predicted octanol–water partition coefficient (Wildman–Crippen LogP) is 2.65. The topological polar surface area (TPSA) is 29.5 Å². The largest absolute Gasteiger partial charge is 0.390 e. The van der Waals surface area contributed by atoms with Gasteiger partial charge in [-0.25, -0.2) is 0 Å². The van der Waals surface area contributed by atoms with Crippen LogP contribution >= 0.6 is 0 Å². The minimum Gasteiger partial charge on any atom is -0.390 e. The number of ether oxygens (including phenoxy) is 1. The Balaban J connectivity index is 2.58. The van der Waals surface area contributed by atoms with Gasteiger partial charge in [-0.05, 0) is 18.4 Å². The molecular formula is C14H22O2. The Morgan fingerprint density at radius 2 is 1.81 bits per heavy atom. The zero-order chi connectivity index (χ0) is 12.0. The van der Waals surface area contributed by atoms with Crippen molar-refractivity contribution in [3.63, 3.8) is 0 Å². The van der Waals surface area contributed by atoms with Crippen molar-refractivity contribution in [2.24, 2.45) is 5.92 Å². The van der Waals surface area contributed by atoms with Gasteiger partial charge in [0, 0.05) is 13.0 Å². The van der Waals surface area contributed by atoms with Crippen LogP contribution in [0, 0.1) is 5.92 Å². The number of benzene rings is 1. The van der Waals surface area contributed by atoms with Crippen LogP contribution in [0.2, 0.25) is 0 Å². The van der Waals surface area contributed by atoms with Gasteiger partial charge < -0.3 is 9.84 Å². The Morgan fingerprint density at radius 1 is 1.19 bits per heavy atom. The molecule has 1 N–H and O–H groups in total. The molecule has 0 spiro atoms. The van der Waals surface area contributed by atoms with E-state index in [9.17, 15) is 5.11 Å². The highest BCUT2D eigenvalue weighted by Gasteiger charge is 2.22. The van der Waals surface area contributed by atoms with Gasteiger partial charge in [0.2, 0.25) is 0 Å². The van der Waals surface area contributed by atoms with Crippen LogP contribution in [0.4, 0.5) is 0 Å². The average molecular weight is 222 g/mol. The molecule has 0 saturated carbocycles. The number of hydrogen-bond donors (Lipinski definition) is 1. The van der Waals surface area contributed by atoms with Crippen LogP contribution in [-0.4, -0.2) is 23.9 Å². The summed E-state index contributed by atoms with van der Waals surface area (Å²) >= 11 is 0. The van der Waals surface area contributed by atoms with Crippen LogP contribution < -0.4 is 0 Å². The normalized spacial score (nSPS) is 15.1. The number of aliphatic hydroxyl groups is 1. The molecule has 90 valence electrons. The number of rotatable bonds is 6. The Bertz CT molecular complexity index is 282. The average Bonchev–Trinajstić information content (AvgIpc) is 2.26. The van der Waals surface area contributed by atoms with E-state index in [1.165, 1.54) is 0 Å². The highest BCUT2D eigenvalue weighted by molar-refractivity contribution is 5.15. The van der Waals surface area contributed by atoms with Crippen molar-refractivity contribution in [2.45, 2.75) is 39.4 Å². The van der Waals surface area contributed by atoms with Crippen LogP contribution in [0.15, 0.2) is 30.3 Å². The van der Waals surface area contributed by atoms with Gasteiger partial charge in [-0.15, -0.1) is 0 Å². The molecule has 0 aromatic heterocycles. The summed E-state index contributed by atoms with van der Waals surface area (Å²) in [5, 5.41) is 10.1. The third-order valence-corrected chi connectivity index (χ3v) is 2.68. The molecule has 1 aromatic rings. The molecule has 2 unspecified atom stereocenters. The Hall–Kier alpha value is -0.860. The predicted molar refractivity (Wildman–Crippen MR) is 66.4 cm³/mol. The molecule has 0 bridgehead atoms. The summed E-state index contributed by atoms with van der Waals surface area (Å²) in [5.41, 5.74) is 1.15. The maximum absolute atomic E-state index is 10.1. The third kappa shape index (κ3) is 3.95. The standard InChI is InChI=1S/C14H22O2/c1-4-16-14(11(2)3)13(15)10-12-8-6-5-7-9-12/h5-9,11,13-15H,4,10H2,1-3H3. The fourth-order valence-corrected chi connectivity index (χ4v) is 1.91. The smallest absolute Gasteiger partial charge is 0.0859 e. The second-order valence-corrected chi connectivity index (χ2v) is 4.42. The van der Waals surface area contributed by atoms with Crippen LogP contribution in [-0.2, 0) is 11.2 Å². The van der Waals surface area contributed by atoms with E-state index >= 15 is 0 Å². The van der Waals surface area contributed by atoms with E-state index in [-0.39, 0.29) is 6.10 Å². The molecule has 0 fully saturated rings. The first kappa shape index (κ1) is 13.2. The first-order valence-corrected chi connectivity index (χ1v) is 5.98. The van der Waals surface area contributed by atoms with Crippen LogP contribution in [0.1, 0.15) is 26.3 Å². The molecule has 0 aliphatic heterocycles. The third-order valence-electron chi connectivity index (χ3n) is 2.68. The summed E-state index contributed by atoms with van der Waals surface area (Å²) in [6.45, 7) is 6.77. The van der Waals surface area contributed by atoms with E-state index in [1.807, 2.05) is 37.3 Å². The minimum absolute atomic E-state index is 0.0785. The van der Waals surface area contributed by atoms with Crippen molar-refractivity contribution >= 4 is 0 Å². The first-order valence-electron chi connectivity index (χ1n) is 5.98. The lowest BCUT2D eigenvalue weighted by Gasteiger charge is -2.26. The lowest BCUT2D eigenvalue weighted by atomic mass is 9.96. The lowest BCUT2D eigenvalue weighted by Crippen LogP contribution is -2.35. The van der Waals surface area contributed by atoms with Gasteiger partial charge in [0.15, 0.2) is 0 Å². The van der Waals surface area contributed by atoms with E-state index in [1.54, 1.807) is 0 Å². The monoisotopic (exact) mass is 222 g/mol. The van der Waals surface area contributed by atoms with Gasteiger partial charge in [-0.3, -0.25) is 0 Å². The zero-order valence-corrected chi connectivity index (χ0v) is 10.4. The molecular weight excluding hydrogens is 200 g/mol. The van der Waals surface area contributed by atoms with Gasteiger partial charge >= 0.3 is 0 Å². The summed E-state index contributed by atoms with van der Waals surface area (Å²) in [6, 6.07) is 10.0. The van der Waals surface area contributed by atoms with Gasteiger partial charge in [0.1, 0.15) is 0 Å². The SMILES string of the molecule is CCOC(C(C)C)C(O)Cc1ccccc1. The van der Waals surface area contributed by atoms with Gasteiger partial charge in [-0.1, -0.05) is 44.2 Å². The molecule has 0 aliphatic carbocycles. The van der Waals surface area contributed by atoms with Crippen molar-refractivity contribution in [3.8, 4) is 0 Å². The quantitative estimate of drug-likeness (QED) is 0.802. The van der Waals surface area contributed by atoms with Gasteiger partial charge in [-0.2, -0.15) is 0 Å². The molecule has 0 radical (unpaired) electrons. The lowest BCUT2D eigenvalue weighted by molar-refractivity contribution is -0.0562. The number of aliphatic hydroxyl groups excluding tert-OH is 1. The molecule has 2 atom stereocenters. The molecule has 1 rings (SSSR count). The van der Waals surface area contributed by atoms with Crippen molar-refractivity contribution in [2.75, 3.05) is 6.61 Å². The fourth-order valence-electron chi connectivity index (χ4n) is 1.91. The zero-order valence-electron chi connectivity index (χ0n) is 10.4. The molecule has 0 heterocycles. The molecule has 0 amide bonds. The van der Waals surface area contributed by atoms with Crippen LogP contribution in [0.3, 0.4) is 0 Å². The van der Waals surface area contributed by atoms with E-state index in [4.69, 9.17) is 4.74 Å². The molecule has 2 heteroatoms. The minimum atomic E-state index is -0.428. The maximum Gasteiger partial charge on any atom is 0.0859 e. The first-order chi connectivity index (χ1) is 7.65. The molecule has 1 aromatic carbocycles. The summed E-state index contributed by atoms with van der Waals surface area (Å²) in [4.78, 5) is 0. The van der Waals surface area contributed by atoms with Crippen molar-refractivity contribution in [1.29, 1.82) is 0 Å². The second kappa shape index (κ2) is 6.66. The van der Waals surface area contributed by atoms with E-state index in [2.05, 4.69) is 13.8 Å². The van der Waals surface area contributed by atoms with Gasteiger partial charge in [0.25, 0.3) is 0 Å². The molecule has 0 saturated heterocycles. The Kier molecular flexibility index (Phi) is 5.50. The van der Waals surface area contributed by atoms with E-state index in [0.717, 1.165) is 5.56 Å². The van der Waals surface area contributed by atoms with Crippen molar-refractivity contribution < 1.29 is 9.84 Å². The summed E-state index contributed by atoms with van der Waals surface area (Å²) in [7, 11) is 0. The maximum atomic E-state index is 10.1. The second-order valence-electron chi connectivity index (χ2n) is 4.42. The van der Waals surface area contributed by atoms with Gasteiger partial charge in [0.05, 0.1) is 12.2 Å². The Morgan fingerprint density at radius 3 is 2.31 bits per heavy atom. The summed E-state index contributed by atoms with van der Waals surface area (Å²) in [5.74, 6) is 0.332. The summed E-state index contributed by atoms with van der Waals surface area (Å²) < 4.78 is 5.59. The summed E-state index contributed by atoms with van der Waals surface area (Å²) in [6.07, 6.45) is 0.150. The number of hydrogen-bond acceptors (Lipinski definition) is 2. The Labute approximate surface area is 98.3 Å². The van der Waals surface area contributed by atoms with Crippen LogP contribution in [0.25, 0.3) is 0 Å². The van der Waals surface area contributed by atoms with E-state index < -0.39 is 6.10 Å². The fraction of sp³-hybridized carbons (Fsp3) is 0.571. The molecule has 16 heavy (non-hydrogen) atoms. The highest BCUT2D eigenvalue weighted by atomic mass is 16.5. The van der Waals surface area contributed by atoms with E-state index in [0.29, 0.717) is 18.9 Å². The molecule has 2 nitrogen and oxygen atoms in total. The van der Waals surface area contributed by atoms with Crippen molar-refractivity contribution in [3.05, 3.63) is 35.9 Å².